The summed E-state index contributed by atoms with van der Waals surface area (Å²) >= 11 is 0. The number of nitrogens with one attached hydrogen (secondary N) is 1. The predicted octanol–water partition coefficient (Wildman–Crippen LogP) is 5.93. The van der Waals surface area contributed by atoms with Gasteiger partial charge in [-0.1, -0.05) is 42.0 Å². The molecule has 0 aliphatic carbocycles. The second kappa shape index (κ2) is 9.11. The number of fused-ring (bicyclic) bond motifs is 2. The molecule has 2 aromatic heterocycles. The van der Waals surface area contributed by atoms with Gasteiger partial charge in [-0.15, -0.1) is 0 Å². The van der Waals surface area contributed by atoms with E-state index in [-0.39, 0.29) is 0 Å². The Bertz CT molecular complexity index is 1550. The average Bonchev–Trinajstić information content (AvgIpc) is 3.12. The van der Waals surface area contributed by atoms with E-state index in [4.69, 9.17) is 9.72 Å². The number of rotatable bonds is 4. The number of hydrogen-bond donors (Lipinski definition) is 1. The molecule has 0 saturated carbocycles. The fourth-order valence-corrected chi connectivity index (χ4v) is 4.95. The highest BCUT2D eigenvalue weighted by atomic mass is 16.5. The minimum absolute atomic E-state index is 0.610. The summed E-state index contributed by atoms with van der Waals surface area (Å²) in [4.78, 5) is 19.5. The van der Waals surface area contributed by atoms with E-state index in [1.807, 2.05) is 6.92 Å². The lowest BCUT2D eigenvalue weighted by atomic mass is 10.0. The number of H-pyrrole nitrogens is 1. The number of aryl methyl sites for hydroxylation is 3. The SMILES string of the molecule is Cc1ccc(Cc2c(C)ncnc2N2CCOc3ccc(-c4ccc5nc(C)[nH]c5c4)cc3C2)cc1. The molecule has 0 fully saturated rings. The zero-order valence-electron chi connectivity index (χ0n) is 20.9. The number of nitrogens with zero attached hydrogens (tertiary/aromatic N) is 4. The first-order valence-corrected chi connectivity index (χ1v) is 12.4. The molecule has 5 aromatic rings. The number of benzene rings is 3. The zero-order chi connectivity index (χ0) is 24.6. The Morgan fingerprint density at radius 1 is 0.917 bits per heavy atom. The van der Waals surface area contributed by atoms with Crippen LogP contribution in [0.1, 0.15) is 33.8 Å². The van der Waals surface area contributed by atoms with Crippen LogP contribution < -0.4 is 9.64 Å². The Morgan fingerprint density at radius 2 is 1.72 bits per heavy atom. The molecule has 0 saturated heterocycles. The van der Waals surface area contributed by atoms with Gasteiger partial charge in [0, 0.05) is 29.8 Å². The normalized spacial score (nSPS) is 13.4. The van der Waals surface area contributed by atoms with E-state index in [0.717, 1.165) is 70.3 Å². The summed E-state index contributed by atoms with van der Waals surface area (Å²) in [6.07, 6.45) is 2.48. The molecule has 0 unspecified atom stereocenters. The number of anilines is 1. The highest BCUT2D eigenvalue weighted by Crippen LogP contribution is 2.33. The fraction of sp³-hybridized carbons (Fsp3) is 0.233. The Kier molecular flexibility index (Phi) is 5.64. The standard InChI is InChI=1S/C30H29N5O/c1-19-4-6-22(7-5-19)14-26-20(2)31-18-32-30(26)35-12-13-36-29-11-9-23(15-25(29)17-35)24-8-10-27-28(16-24)34-21(3)33-27/h4-11,15-16,18H,12-14,17H2,1-3H3,(H,33,34). The van der Waals surface area contributed by atoms with Crippen molar-refractivity contribution in [1.29, 1.82) is 0 Å². The molecule has 0 spiro atoms. The van der Waals surface area contributed by atoms with Gasteiger partial charge < -0.3 is 14.6 Å². The van der Waals surface area contributed by atoms with Gasteiger partial charge in [0.1, 0.15) is 30.3 Å². The number of ether oxygens (including phenoxy) is 1. The van der Waals surface area contributed by atoms with Gasteiger partial charge in [-0.2, -0.15) is 0 Å². The van der Waals surface area contributed by atoms with Crippen molar-refractivity contribution in [3.8, 4) is 16.9 Å². The van der Waals surface area contributed by atoms with Crippen molar-refractivity contribution in [1.82, 2.24) is 19.9 Å². The highest BCUT2D eigenvalue weighted by Gasteiger charge is 2.21. The lowest BCUT2D eigenvalue weighted by molar-refractivity contribution is 0.331. The molecule has 0 amide bonds. The minimum atomic E-state index is 0.610. The summed E-state index contributed by atoms with van der Waals surface area (Å²) < 4.78 is 6.16. The van der Waals surface area contributed by atoms with Crippen LogP contribution in [-0.2, 0) is 13.0 Å². The molecule has 36 heavy (non-hydrogen) atoms. The Labute approximate surface area is 211 Å². The number of imidazole rings is 1. The second-order valence-electron chi connectivity index (χ2n) is 9.57. The van der Waals surface area contributed by atoms with Crippen molar-refractivity contribution in [2.24, 2.45) is 0 Å². The number of aromatic nitrogens is 4. The lowest BCUT2D eigenvalue weighted by Gasteiger charge is -2.24. The molecule has 0 radical (unpaired) electrons. The van der Waals surface area contributed by atoms with Gasteiger partial charge in [-0.05, 0) is 61.7 Å². The van der Waals surface area contributed by atoms with Gasteiger partial charge in [0.05, 0.1) is 17.6 Å². The molecule has 0 atom stereocenters. The molecule has 180 valence electrons. The number of hydrogen-bond acceptors (Lipinski definition) is 5. The van der Waals surface area contributed by atoms with Crippen LogP contribution >= 0.6 is 0 Å². The largest absolute Gasteiger partial charge is 0.491 e. The van der Waals surface area contributed by atoms with Gasteiger partial charge in [-0.3, -0.25) is 0 Å². The van der Waals surface area contributed by atoms with Gasteiger partial charge in [0.25, 0.3) is 0 Å². The fourth-order valence-electron chi connectivity index (χ4n) is 4.95. The van der Waals surface area contributed by atoms with E-state index < -0.39 is 0 Å². The maximum absolute atomic E-state index is 6.16. The zero-order valence-corrected chi connectivity index (χ0v) is 20.9. The molecule has 6 heteroatoms. The Balaban J connectivity index is 1.34. The van der Waals surface area contributed by atoms with Crippen molar-refractivity contribution in [2.45, 2.75) is 33.7 Å². The van der Waals surface area contributed by atoms with Gasteiger partial charge >= 0.3 is 0 Å². The minimum Gasteiger partial charge on any atom is -0.491 e. The van der Waals surface area contributed by atoms with Crippen LogP contribution in [-0.4, -0.2) is 33.1 Å². The van der Waals surface area contributed by atoms with Crippen LogP contribution in [0.3, 0.4) is 0 Å². The summed E-state index contributed by atoms with van der Waals surface area (Å²) in [5.74, 6) is 2.85. The third-order valence-electron chi connectivity index (χ3n) is 6.91. The van der Waals surface area contributed by atoms with Crippen LogP contribution in [0.5, 0.6) is 5.75 Å². The van der Waals surface area contributed by atoms with E-state index in [1.165, 1.54) is 16.7 Å². The van der Waals surface area contributed by atoms with Crippen molar-refractivity contribution in [2.75, 3.05) is 18.1 Å². The predicted molar refractivity (Wildman–Crippen MR) is 144 cm³/mol. The summed E-state index contributed by atoms with van der Waals surface area (Å²) in [7, 11) is 0. The average molecular weight is 476 g/mol. The van der Waals surface area contributed by atoms with Crippen molar-refractivity contribution >= 4 is 16.9 Å². The third-order valence-corrected chi connectivity index (χ3v) is 6.91. The molecule has 1 aliphatic rings. The Hall–Kier alpha value is -4.19. The molecule has 6 nitrogen and oxygen atoms in total. The molecule has 0 bridgehead atoms. The van der Waals surface area contributed by atoms with Crippen molar-refractivity contribution in [3.05, 3.63) is 101 Å². The maximum Gasteiger partial charge on any atom is 0.136 e. The van der Waals surface area contributed by atoms with Crippen molar-refractivity contribution in [3.63, 3.8) is 0 Å². The topological polar surface area (TPSA) is 66.9 Å². The van der Waals surface area contributed by atoms with Crippen LogP contribution in [0, 0.1) is 20.8 Å². The van der Waals surface area contributed by atoms with Gasteiger partial charge in [0.15, 0.2) is 0 Å². The molecular weight excluding hydrogens is 446 g/mol. The van der Waals surface area contributed by atoms with Crippen LogP contribution in [0.15, 0.2) is 67.0 Å². The van der Waals surface area contributed by atoms with Gasteiger partial charge in [-0.25, -0.2) is 15.0 Å². The molecule has 1 aliphatic heterocycles. The first-order valence-electron chi connectivity index (χ1n) is 12.4. The van der Waals surface area contributed by atoms with E-state index in [2.05, 4.69) is 94.4 Å². The van der Waals surface area contributed by atoms with E-state index in [1.54, 1.807) is 6.33 Å². The summed E-state index contributed by atoms with van der Waals surface area (Å²) in [6.45, 7) is 8.27. The van der Waals surface area contributed by atoms with E-state index >= 15 is 0 Å². The van der Waals surface area contributed by atoms with Crippen LogP contribution in [0.4, 0.5) is 5.82 Å². The summed E-state index contributed by atoms with van der Waals surface area (Å²) in [6, 6.07) is 21.5. The van der Waals surface area contributed by atoms with Gasteiger partial charge in [0.2, 0.25) is 0 Å². The lowest BCUT2D eigenvalue weighted by Crippen LogP contribution is -2.28. The molecule has 3 aromatic carbocycles. The first-order chi connectivity index (χ1) is 17.5. The van der Waals surface area contributed by atoms with Crippen molar-refractivity contribution < 1.29 is 4.74 Å². The summed E-state index contributed by atoms with van der Waals surface area (Å²) in [5.41, 5.74) is 10.2. The van der Waals surface area contributed by atoms with E-state index in [0.29, 0.717) is 6.61 Å². The molecule has 3 heterocycles. The maximum atomic E-state index is 6.16. The number of aromatic amines is 1. The van der Waals surface area contributed by atoms with E-state index in [9.17, 15) is 0 Å². The monoisotopic (exact) mass is 475 g/mol. The smallest absolute Gasteiger partial charge is 0.136 e. The van der Waals surface area contributed by atoms with Crippen LogP contribution in [0.2, 0.25) is 0 Å². The second-order valence-corrected chi connectivity index (χ2v) is 9.57. The first kappa shape index (κ1) is 22.3. The molecule has 6 rings (SSSR count). The third kappa shape index (κ3) is 4.31. The summed E-state index contributed by atoms with van der Waals surface area (Å²) in [5, 5.41) is 0. The molecular formula is C30H29N5O. The Morgan fingerprint density at radius 3 is 2.58 bits per heavy atom. The molecule has 1 N–H and O–H groups in total. The highest BCUT2D eigenvalue weighted by molar-refractivity contribution is 5.82. The van der Waals surface area contributed by atoms with Crippen LogP contribution in [0.25, 0.3) is 22.2 Å². The quantitative estimate of drug-likeness (QED) is 0.349.